The molecule has 0 amide bonds. The van der Waals surface area contributed by atoms with Crippen molar-refractivity contribution >= 4 is 21.6 Å². The van der Waals surface area contributed by atoms with E-state index in [-0.39, 0.29) is 5.82 Å². The van der Waals surface area contributed by atoms with Crippen molar-refractivity contribution < 1.29 is 4.39 Å². The fraction of sp³-hybridized carbons (Fsp3) is 0.500. The predicted molar refractivity (Wildman–Crippen MR) is 68.4 cm³/mol. The Bertz CT molecular complexity index is 370. The number of benzene rings is 1. The van der Waals surface area contributed by atoms with Crippen LogP contribution < -0.4 is 10.2 Å². The van der Waals surface area contributed by atoms with E-state index in [1.807, 2.05) is 6.07 Å². The van der Waals surface area contributed by atoms with E-state index in [1.165, 1.54) is 6.07 Å². The van der Waals surface area contributed by atoms with Gasteiger partial charge in [-0.15, -0.1) is 0 Å². The zero-order valence-corrected chi connectivity index (χ0v) is 10.9. The molecule has 88 valence electrons. The molecule has 0 radical (unpaired) electrons. The van der Waals surface area contributed by atoms with Gasteiger partial charge < -0.3 is 10.2 Å². The van der Waals surface area contributed by atoms with Crippen molar-refractivity contribution in [3.05, 3.63) is 28.5 Å². The highest BCUT2D eigenvalue weighted by molar-refractivity contribution is 9.10. The quantitative estimate of drug-likeness (QED) is 0.899. The van der Waals surface area contributed by atoms with Crippen LogP contribution in [-0.2, 0) is 0 Å². The third-order valence-electron chi connectivity index (χ3n) is 3.00. The molecular weight excluding hydrogens is 271 g/mol. The van der Waals surface area contributed by atoms with E-state index in [9.17, 15) is 4.39 Å². The van der Waals surface area contributed by atoms with E-state index < -0.39 is 0 Å². The van der Waals surface area contributed by atoms with Gasteiger partial charge in [-0.1, -0.05) is 22.9 Å². The van der Waals surface area contributed by atoms with Crippen LogP contribution in [-0.4, -0.2) is 25.7 Å². The maximum Gasteiger partial charge on any atom is 0.146 e. The zero-order valence-electron chi connectivity index (χ0n) is 9.34. The minimum absolute atomic E-state index is 0.139. The number of nitrogens with one attached hydrogen (secondary N) is 1. The van der Waals surface area contributed by atoms with Gasteiger partial charge in [0.2, 0.25) is 0 Å². The van der Waals surface area contributed by atoms with Crippen molar-refractivity contribution in [3.63, 3.8) is 0 Å². The summed E-state index contributed by atoms with van der Waals surface area (Å²) in [5, 5.41) is 3.43. The Morgan fingerprint density at radius 3 is 3.12 bits per heavy atom. The second kappa shape index (κ2) is 5.15. The fourth-order valence-corrected chi connectivity index (χ4v) is 2.39. The Hall–Kier alpha value is -0.610. The smallest absolute Gasteiger partial charge is 0.146 e. The number of halogens is 2. The summed E-state index contributed by atoms with van der Waals surface area (Å²) in [6, 6.07) is 5.57. The van der Waals surface area contributed by atoms with Gasteiger partial charge in [0, 0.05) is 30.1 Å². The lowest BCUT2D eigenvalue weighted by molar-refractivity contribution is 0.443. The first-order valence-corrected chi connectivity index (χ1v) is 6.43. The Balaban J connectivity index is 2.19. The number of nitrogens with zero attached hydrogens (tertiary/aromatic N) is 1. The van der Waals surface area contributed by atoms with Gasteiger partial charge in [0.05, 0.1) is 5.69 Å². The SMILES string of the molecule is CCC1CN(c2cc(Br)ccc2F)CCN1. The molecule has 1 aromatic carbocycles. The predicted octanol–water partition coefficient (Wildman–Crippen LogP) is 2.78. The molecule has 4 heteroatoms. The first-order valence-electron chi connectivity index (χ1n) is 5.64. The van der Waals surface area contributed by atoms with Gasteiger partial charge in [-0.25, -0.2) is 4.39 Å². The third-order valence-corrected chi connectivity index (χ3v) is 3.49. The lowest BCUT2D eigenvalue weighted by atomic mass is 10.1. The summed E-state index contributed by atoms with van der Waals surface area (Å²) in [4.78, 5) is 2.12. The number of hydrogen-bond acceptors (Lipinski definition) is 2. The Morgan fingerprint density at radius 2 is 2.38 bits per heavy atom. The Labute approximate surface area is 104 Å². The van der Waals surface area contributed by atoms with Crippen LogP contribution in [0, 0.1) is 5.82 Å². The van der Waals surface area contributed by atoms with Crippen LogP contribution in [0.15, 0.2) is 22.7 Å². The normalized spacial score (nSPS) is 21.2. The van der Waals surface area contributed by atoms with Crippen LogP contribution >= 0.6 is 15.9 Å². The first-order chi connectivity index (χ1) is 7.70. The minimum Gasteiger partial charge on any atom is -0.366 e. The summed E-state index contributed by atoms with van der Waals surface area (Å²) >= 11 is 3.39. The molecule has 1 N–H and O–H groups in total. The van der Waals surface area contributed by atoms with Crippen LogP contribution in [0.5, 0.6) is 0 Å². The van der Waals surface area contributed by atoms with Crippen LogP contribution in [0.1, 0.15) is 13.3 Å². The highest BCUT2D eigenvalue weighted by atomic mass is 79.9. The van der Waals surface area contributed by atoms with Gasteiger partial charge in [-0.05, 0) is 24.6 Å². The first kappa shape index (κ1) is 11.9. The highest BCUT2D eigenvalue weighted by Crippen LogP contribution is 2.25. The van der Waals surface area contributed by atoms with Crippen molar-refractivity contribution in [2.45, 2.75) is 19.4 Å². The summed E-state index contributed by atoms with van der Waals surface area (Å²) in [7, 11) is 0. The van der Waals surface area contributed by atoms with E-state index in [4.69, 9.17) is 0 Å². The van der Waals surface area contributed by atoms with Crippen molar-refractivity contribution in [2.75, 3.05) is 24.5 Å². The van der Waals surface area contributed by atoms with Crippen molar-refractivity contribution in [3.8, 4) is 0 Å². The molecule has 1 aromatic rings. The number of hydrogen-bond donors (Lipinski definition) is 1. The molecule has 1 saturated heterocycles. The molecule has 1 aliphatic heterocycles. The maximum absolute atomic E-state index is 13.7. The van der Waals surface area contributed by atoms with E-state index in [2.05, 4.69) is 33.1 Å². The van der Waals surface area contributed by atoms with E-state index in [1.54, 1.807) is 6.07 Å². The zero-order chi connectivity index (χ0) is 11.5. The van der Waals surface area contributed by atoms with Gasteiger partial charge in [-0.2, -0.15) is 0 Å². The van der Waals surface area contributed by atoms with Gasteiger partial charge in [-0.3, -0.25) is 0 Å². The maximum atomic E-state index is 13.7. The van der Waals surface area contributed by atoms with Crippen LogP contribution in [0.4, 0.5) is 10.1 Å². The molecule has 1 heterocycles. The van der Waals surface area contributed by atoms with E-state index >= 15 is 0 Å². The van der Waals surface area contributed by atoms with E-state index in [0.29, 0.717) is 11.7 Å². The van der Waals surface area contributed by atoms with Crippen LogP contribution in [0.25, 0.3) is 0 Å². The lowest BCUT2D eigenvalue weighted by Gasteiger charge is -2.35. The largest absolute Gasteiger partial charge is 0.366 e. The molecule has 0 saturated carbocycles. The number of piperazine rings is 1. The topological polar surface area (TPSA) is 15.3 Å². The molecule has 2 nitrogen and oxygen atoms in total. The second-order valence-corrected chi connectivity index (χ2v) is 5.02. The Kier molecular flexibility index (Phi) is 3.82. The molecule has 0 aromatic heterocycles. The van der Waals surface area contributed by atoms with Crippen molar-refractivity contribution in [1.29, 1.82) is 0 Å². The summed E-state index contributed by atoms with van der Waals surface area (Å²) in [6.07, 6.45) is 1.08. The third kappa shape index (κ3) is 2.55. The van der Waals surface area contributed by atoms with Gasteiger partial charge in [0.1, 0.15) is 5.82 Å². The molecular formula is C12H16BrFN2. The second-order valence-electron chi connectivity index (χ2n) is 4.10. The summed E-state index contributed by atoms with van der Waals surface area (Å²) in [6.45, 7) is 4.82. The van der Waals surface area contributed by atoms with Gasteiger partial charge >= 0.3 is 0 Å². The van der Waals surface area contributed by atoms with Crippen molar-refractivity contribution in [1.82, 2.24) is 5.32 Å². The van der Waals surface area contributed by atoms with Crippen LogP contribution in [0.3, 0.4) is 0 Å². The van der Waals surface area contributed by atoms with Gasteiger partial charge in [0.25, 0.3) is 0 Å². The molecule has 1 unspecified atom stereocenters. The van der Waals surface area contributed by atoms with Gasteiger partial charge in [0.15, 0.2) is 0 Å². The molecule has 0 aliphatic carbocycles. The lowest BCUT2D eigenvalue weighted by Crippen LogP contribution is -2.50. The molecule has 0 spiro atoms. The number of rotatable bonds is 2. The highest BCUT2D eigenvalue weighted by Gasteiger charge is 2.20. The monoisotopic (exact) mass is 286 g/mol. The molecule has 1 atom stereocenters. The average molecular weight is 287 g/mol. The summed E-state index contributed by atoms with van der Waals surface area (Å²) in [5.41, 5.74) is 0.703. The average Bonchev–Trinajstić information content (AvgIpc) is 2.32. The molecule has 1 fully saturated rings. The fourth-order valence-electron chi connectivity index (χ4n) is 2.05. The standard InChI is InChI=1S/C12H16BrFN2/c1-2-10-8-16(6-5-15-10)12-7-9(13)3-4-11(12)14/h3-4,7,10,15H,2,5-6,8H2,1H3. The van der Waals surface area contributed by atoms with Crippen LogP contribution in [0.2, 0.25) is 0 Å². The molecule has 1 aliphatic rings. The van der Waals surface area contributed by atoms with Crippen molar-refractivity contribution in [2.24, 2.45) is 0 Å². The molecule has 2 rings (SSSR count). The summed E-state index contributed by atoms with van der Waals surface area (Å²) < 4.78 is 14.6. The Morgan fingerprint density at radius 1 is 1.56 bits per heavy atom. The molecule has 0 bridgehead atoms. The summed E-state index contributed by atoms with van der Waals surface area (Å²) in [5.74, 6) is -0.139. The van der Waals surface area contributed by atoms with E-state index in [0.717, 1.165) is 30.5 Å². The number of anilines is 1. The minimum atomic E-state index is -0.139. The molecule has 16 heavy (non-hydrogen) atoms.